The van der Waals surface area contributed by atoms with Gasteiger partial charge >= 0.3 is 0 Å². The Bertz CT molecular complexity index is 1270. The van der Waals surface area contributed by atoms with Gasteiger partial charge in [-0.15, -0.1) is 0 Å². The van der Waals surface area contributed by atoms with Crippen molar-refractivity contribution >= 4 is 61.9 Å². The summed E-state index contributed by atoms with van der Waals surface area (Å²) in [7, 11) is 0. The zero-order valence-electron chi connectivity index (χ0n) is 16.7. The van der Waals surface area contributed by atoms with Gasteiger partial charge < -0.3 is 4.74 Å². The standard InChI is InChI=1S/C22H18BrN3O3S2/c1-13(2)12-26-21(28)17(31-22(26)30)11-16-19(29-15-8-6-14(23)7-9-15)24-18-5-3-4-10-25(18)20(16)27/h3-11,13H,12H2,1-2H3. The monoisotopic (exact) mass is 515 g/mol. The third-order valence-electron chi connectivity index (χ3n) is 4.46. The third kappa shape index (κ3) is 4.58. The number of hydrogen-bond donors (Lipinski definition) is 0. The lowest BCUT2D eigenvalue weighted by molar-refractivity contribution is -0.122. The number of aromatic nitrogens is 2. The number of halogens is 1. The van der Waals surface area contributed by atoms with Gasteiger partial charge in [0.05, 0.1) is 4.91 Å². The zero-order valence-corrected chi connectivity index (χ0v) is 20.0. The summed E-state index contributed by atoms with van der Waals surface area (Å²) >= 11 is 9.95. The average molecular weight is 516 g/mol. The summed E-state index contributed by atoms with van der Waals surface area (Å²) in [4.78, 5) is 32.6. The second-order valence-electron chi connectivity index (χ2n) is 7.31. The second-order valence-corrected chi connectivity index (χ2v) is 9.90. The molecular formula is C22H18BrN3O3S2. The maximum atomic E-state index is 13.3. The number of amides is 1. The molecule has 4 rings (SSSR count). The molecule has 3 aromatic rings. The van der Waals surface area contributed by atoms with E-state index >= 15 is 0 Å². The molecule has 9 heteroatoms. The van der Waals surface area contributed by atoms with Crippen LogP contribution in [0.15, 0.2) is 62.8 Å². The van der Waals surface area contributed by atoms with E-state index in [1.807, 2.05) is 26.0 Å². The van der Waals surface area contributed by atoms with Gasteiger partial charge in [0.2, 0.25) is 5.88 Å². The van der Waals surface area contributed by atoms with E-state index in [1.165, 1.54) is 22.2 Å². The predicted octanol–water partition coefficient (Wildman–Crippen LogP) is 5.11. The molecule has 0 bridgehead atoms. The Kier molecular flexibility index (Phi) is 6.27. The lowest BCUT2D eigenvalue weighted by Gasteiger charge is -2.16. The minimum absolute atomic E-state index is 0.132. The maximum Gasteiger partial charge on any atom is 0.269 e. The summed E-state index contributed by atoms with van der Waals surface area (Å²) < 4.78 is 8.77. The number of thiocarbonyl (C=S) groups is 1. The molecule has 0 atom stereocenters. The number of thioether (sulfide) groups is 1. The smallest absolute Gasteiger partial charge is 0.269 e. The number of fused-ring (bicyclic) bond motifs is 1. The van der Waals surface area contributed by atoms with Gasteiger partial charge in [-0.25, -0.2) is 0 Å². The minimum Gasteiger partial charge on any atom is -0.438 e. The fourth-order valence-corrected chi connectivity index (χ4v) is 4.57. The largest absolute Gasteiger partial charge is 0.438 e. The zero-order chi connectivity index (χ0) is 22.1. The molecule has 31 heavy (non-hydrogen) atoms. The topological polar surface area (TPSA) is 63.9 Å². The Labute approximate surface area is 197 Å². The molecule has 1 aromatic carbocycles. The average Bonchev–Trinajstić information content (AvgIpc) is 2.99. The summed E-state index contributed by atoms with van der Waals surface area (Å²) in [6.45, 7) is 4.57. The highest BCUT2D eigenvalue weighted by atomic mass is 79.9. The van der Waals surface area contributed by atoms with Crippen LogP contribution in [-0.2, 0) is 4.79 Å². The molecular weight excluding hydrogens is 498 g/mol. The molecule has 1 aliphatic rings. The van der Waals surface area contributed by atoms with Gasteiger partial charge in [0.15, 0.2) is 0 Å². The van der Waals surface area contributed by atoms with E-state index in [4.69, 9.17) is 17.0 Å². The Morgan fingerprint density at radius 1 is 1.19 bits per heavy atom. The number of benzene rings is 1. The van der Waals surface area contributed by atoms with Crippen LogP contribution in [-0.4, -0.2) is 31.1 Å². The van der Waals surface area contributed by atoms with Crippen LogP contribution in [0.3, 0.4) is 0 Å². The molecule has 0 aliphatic carbocycles. The van der Waals surface area contributed by atoms with Crippen LogP contribution in [0.2, 0.25) is 0 Å². The molecule has 1 aliphatic heterocycles. The van der Waals surface area contributed by atoms with E-state index in [2.05, 4.69) is 20.9 Å². The number of carbonyl (C=O) groups excluding carboxylic acids is 1. The first-order valence-corrected chi connectivity index (χ1v) is 11.6. The number of ether oxygens (including phenoxy) is 1. The van der Waals surface area contributed by atoms with Crippen LogP contribution in [0.1, 0.15) is 19.4 Å². The SMILES string of the molecule is CC(C)CN1C(=O)C(=Cc2c(Oc3ccc(Br)cc3)nc3ccccn3c2=O)SC1=S. The fraction of sp³-hybridized carbons (Fsp3) is 0.182. The van der Waals surface area contributed by atoms with E-state index in [0.717, 1.165) is 4.47 Å². The molecule has 1 saturated heterocycles. The molecule has 0 unspecified atom stereocenters. The highest BCUT2D eigenvalue weighted by Crippen LogP contribution is 2.34. The van der Waals surface area contributed by atoms with Gasteiger partial charge in [-0.2, -0.15) is 4.98 Å². The highest BCUT2D eigenvalue weighted by Gasteiger charge is 2.33. The summed E-state index contributed by atoms with van der Waals surface area (Å²) in [5.74, 6) is 0.715. The lowest BCUT2D eigenvalue weighted by atomic mass is 10.2. The van der Waals surface area contributed by atoms with E-state index in [9.17, 15) is 9.59 Å². The van der Waals surface area contributed by atoms with Crippen molar-refractivity contribution in [3.05, 3.63) is 74.0 Å². The van der Waals surface area contributed by atoms with Crippen molar-refractivity contribution in [1.82, 2.24) is 14.3 Å². The van der Waals surface area contributed by atoms with Crippen molar-refractivity contribution in [1.29, 1.82) is 0 Å². The molecule has 0 saturated carbocycles. The lowest BCUT2D eigenvalue weighted by Crippen LogP contribution is -2.31. The van der Waals surface area contributed by atoms with E-state index < -0.39 is 0 Å². The van der Waals surface area contributed by atoms with Crippen LogP contribution in [0.5, 0.6) is 11.6 Å². The molecule has 3 heterocycles. The van der Waals surface area contributed by atoms with Crippen molar-refractivity contribution in [2.24, 2.45) is 5.92 Å². The molecule has 0 spiro atoms. The molecule has 1 fully saturated rings. The van der Waals surface area contributed by atoms with Crippen LogP contribution in [0, 0.1) is 5.92 Å². The predicted molar refractivity (Wildman–Crippen MR) is 130 cm³/mol. The number of nitrogens with zero attached hydrogens (tertiary/aromatic N) is 3. The van der Waals surface area contributed by atoms with Crippen molar-refractivity contribution in [2.45, 2.75) is 13.8 Å². The summed E-state index contributed by atoms with van der Waals surface area (Å²) in [5, 5.41) is 0. The van der Waals surface area contributed by atoms with E-state index in [0.29, 0.717) is 27.2 Å². The Morgan fingerprint density at radius 3 is 2.65 bits per heavy atom. The maximum absolute atomic E-state index is 13.3. The van der Waals surface area contributed by atoms with Crippen LogP contribution >= 0.6 is 39.9 Å². The first-order valence-electron chi connectivity index (χ1n) is 9.53. The number of rotatable bonds is 5. The Hall–Kier alpha value is -2.49. The molecule has 2 aromatic heterocycles. The number of pyridine rings is 1. The molecule has 0 radical (unpaired) electrons. The quantitative estimate of drug-likeness (QED) is 0.347. The molecule has 158 valence electrons. The summed E-state index contributed by atoms with van der Waals surface area (Å²) in [5.41, 5.74) is 0.313. The van der Waals surface area contributed by atoms with Crippen molar-refractivity contribution in [2.75, 3.05) is 6.54 Å². The van der Waals surface area contributed by atoms with Gasteiger partial charge in [-0.05, 0) is 48.4 Å². The molecule has 0 N–H and O–H groups in total. The van der Waals surface area contributed by atoms with Crippen LogP contribution in [0.4, 0.5) is 0 Å². The molecule has 6 nitrogen and oxygen atoms in total. The summed E-state index contributed by atoms with van der Waals surface area (Å²) in [6.07, 6.45) is 3.16. The first kappa shape index (κ1) is 21.7. The first-order chi connectivity index (χ1) is 14.8. The van der Waals surface area contributed by atoms with Gasteiger partial charge in [0.1, 0.15) is 21.3 Å². The summed E-state index contributed by atoms with van der Waals surface area (Å²) in [6, 6.07) is 12.5. The second kappa shape index (κ2) is 8.94. The van der Waals surface area contributed by atoms with Crippen LogP contribution < -0.4 is 10.3 Å². The van der Waals surface area contributed by atoms with E-state index in [1.54, 1.807) is 41.4 Å². The minimum atomic E-state index is -0.327. The fourth-order valence-electron chi connectivity index (χ4n) is 3.05. The van der Waals surface area contributed by atoms with Crippen molar-refractivity contribution in [3.63, 3.8) is 0 Å². The number of hydrogen-bond acceptors (Lipinski definition) is 6. The normalized spacial score (nSPS) is 15.5. The van der Waals surface area contributed by atoms with Gasteiger partial charge in [0, 0.05) is 17.2 Å². The van der Waals surface area contributed by atoms with Gasteiger partial charge in [-0.1, -0.05) is 59.8 Å². The van der Waals surface area contributed by atoms with E-state index in [-0.39, 0.29) is 28.8 Å². The highest BCUT2D eigenvalue weighted by molar-refractivity contribution is 9.10. The van der Waals surface area contributed by atoms with Gasteiger partial charge in [0.25, 0.3) is 11.5 Å². The Balaban J connectivity index is 1.82. The number of carbonyl (C=O) groups is 1. The van der Waals surface area contributed by atoms with Crippen LogP contribution in [0.25, 0.3) is 11.7 Å². The van der Waals surface area contributed by atoms with Gasteiger partial charge in [-0.3, -0.25) is 18.9 Å². The van der Waals surface area contributed by atoms with Crippen molar-refractivity contribution < 1.29 is 9.53 Å². The molecule has 1 amide bonds. The van der Waals surface area contributed by atoms with Crippen molar-refractivity contribution in [3.8, 4) is 11.6 Å². The Morgan fingerprint density at radius 2 is 1.94 bits per heavy atom. The third-order valence-corrected chi connectivity index (χ3v) is 6.37.